The van der Waals surface area contributed by atoms with E-state index < -0.39 is 0 Å². The number of aromatic nitrogens is 1. The van der Waals surface area contributed by atoms with Gasteiger partial charge in [0.1, 0.15) is 5.75 Å². The molecule has 1 aliphatic heterocycles. The van der Waals surface area contributed by atoms with Crippen LogP contribution in [0.2, 0.25) is 5.02 Å². The molecular formula is C26H25ClN2O. The predicted molar refractivity (Wildman–Crippen MR) is 126 cm³/mol. The Hall–Kier alpha value is -2.62. The number of halogens is 1. The lowest BCUT2D eigenvalue weighted by Crippen LogP contribution is -2.31. The molecule has 4 heteroatoms. The number of hydrogen-bond donors (Lipinski definition) is 0. The first-order valence-electron chi connectivity index (χ1n) is 10.7. The van der Waals surface area contributed by atoms with Crippen LogP contribution < -0.4 is 4.74 Å². The van der Waals surface area contributed by atoms with Crippen LogP contribution in [0.5, 0.6) is 5.75 Å². The maximum absolute atomic E-state index is 6.53. The van der Waals surface area contributed by atoms with Crippen molar-refractivity contribution in [2.24, 2.45) is 0 Å². The zero-order valence-electron chi connectivity index (χ0n) is 17.4. The number of nitrogens with zero attached hydrogens (tertiary/aromatic N) is 2. The second kappa shape index (κ2) is 7.90. The Morgan fingerprint density at radius 1 is 1.03 bits per heavy atom. The first-order chi connectivity index (χ1) is 14.7. The first-order valence-corrected chi connectivity index (χ1v) is 11.1. The number of benzene rings is 3. The molecule has 0 bridgehead atoms. The average Bonchev–Trinajstić information content (AvgIpc) is 2.79. The Bertz CT molecular complexity index is 1250. The highest BCUT2D eigenvalue weighted by Crippen LogP contribution is 2.39. The van der Waals surface area contributed by atoms with Crippen LogP contribution in [0.25, 0.3) is 32.9 Å². The summed E-state index contributed by atoms with van der Waals surface area (Å²) in [7, 11) is 0. The highest BCUT2D eigenvalue weighted by atomic mass is 35.5. The molecule has 0 unspecified atom stereocenters. The Morgan fingerprint density at radius 2 is 1.90 bits per heavy atom. The summed E-state index contributed by atoms with van der Waals surface area (Å²) in [5.74, 6) is 0.721. The molecular weight excluding hydrogens is 392 g/mol. The van der Waals surface area contributed by atoms with Crippen molar-refractivity contribution in [1.29, 1.82) is 0 Å². The molecule has 0 amide bonds. The molecule has 0 saturated carbocycles. The van der Waals surface area contributed by atoms with Crippen LogP contribution in [-0.4, -0.2) is 29.6 Å². The molecule has 1 aromatic heterocycles. The number of fused-ring (bicyclic) bond motifs is 5. The number of hydrogen-bond acceptors (Lipinski definition) is 3. The fourth-order valence-electron chi connectivity index (χ4n) is 4.60. The van der Waals surface area contributed by atoms with Crippen LogP contribution >= 0.6 is 11.6 Å². The molecule has 0 N–H and O–H groups in total. The Balaban J connectivity index is 1.78. The molecule has 2 heterocycles. The van der Waals surface area contributed by atoms with Crippen molar-refractivity contribution in [3.05, 3.63) is 70.7 Å². The Kier molecular flexibility index (Phi) is 5.10. The highest BCUT2D eigenvalue weighted by Gasteiger charge is 2.24. The summed E-state index contributed by atoms with van der Waals surface area (Å²) < 4.78 is 5.63. The van der Waals surface area contributed by atoms with Gasteiger partial charge in [0, 0.05) is 24.0 Å². The zero-order valence-corrected chi connectivity index (χ0v) is 18.2. The van der Waals surface area contributed by atoms with Gasteiger partial charge in [0.25, 0.3) is 0 Å². The minimum atomic E-state index is 0.598. The van der Waals surface area contributed by atoms with Crippen LogP contribution in [0.1, 0.15) is 25.0 Å². The molecule has 0 spiro atoms. The van der Waals surface area contributed by atoms with Gasteiger partial charge in [0.05, 0.1) is 22.8 Å². The molecule has 30 heavy (non-hydrogen) atoms. The molecule has 0 fully saturated rings. The number of ether oxygens (including phenoxy) is 1. The number of rotatable bonds is 4. The monoisotopic (exact) mass is 416 g/mol. The van der Waals surface area contributed by atoms with Gasteiger partial charge in [-0.25, -0.2) is 4.98 Å². The fourth-order valence-corrected chi connectivity index (χ4v) is 4.84. The normalized spacial score (nSPS) is 14.2. The number of pyridine rings is 1. The van der Waals surface area contributed by atoms with Crippen molar-refractivity contribution in [3.8, 4) is 17.0 Å². The van der Waals surface area contributed by atoms with Gasteiger partial charge >= 0.3 is 0 Å². The smallest absolute Gasteiger partial charge is 0.137 e. The van der Waals surface area contributed by atoms with Crippen molar-refractivity contribution in [2.75, 3.05) is 19.7 Å². The summed E-state index contributed by atoms with van der Waals surface area (Å²) in [5, 5.41) is 4.50. The molecule has 152 valence electrons. The van der Waals surface area contributed by atoms with E-state index in [0.29, 0.717) is 11.6 Å². The van der Waals surface area contributed by atoms with Crippen LogP contribution in [-0.2, 0) is 13.0 Å². The topological polar surface area (TPSA) is 25.4 Å². The second-order valence-corrected chi connectivity index (χ2v) is 8.20. The minimum absolute atomic E-state index is 0.598. The first kappa shape index (κ1) is 19.3. The van der Waals surface area contributed by atoms with Crippen molar-refractivity contribution < 1.29 is 4.74 Å². The van der Waals surface area contributed by atoms with E-state index in [1.165, 1.54) is 27.3 Å². The molecule has 0 aliphatic carbocycles. The summed E-state index contributed by atoms with van der Waals surface area (Å²) in [4.78, 5) is 7.66. The lowest BCUT2D eigenvalue weighted by atomic mass is 9.89. The summed E-state index contributed by atoms with van der Waals surface area (Å²) in [5.41, 5.74) is 5.90. The van der Waals surface area contributed by atoms with E-state index >= 15 is 0 Å². The van der Waals surface area contributed by atoms with E-state index in [9.17, 15) is 0 Å². The largest absolute Gasteiger partial charge is 0.492 e. The van der Waals surface area contributed by atoms with E-state index in [-0.39, 0.29) is 0 Å². The van der Waals surface area contributed by atoms with Gasteiger partial charge in [0.15, 0.2) is 0 Å². The van der Waals surface area contributed by atoms with E-state index in [2.05, 4.69) is 54.3 Å². The van der Waals surface area contributed by atoms with Gasteiger partial charge in [-0.15, -0.1) is 0 Å². The third-order valence-corrected chi connectivity index (χ3v) is 6.40. The fraction of sp³-hybridized carbons (Fsp3) is 0.269. The van der Waals surface area contributed by atoms with Gasteiger partial charge in [-0.1, -0.05) is 48.9 Å². The van der Waals surface area contributed by atoms with Gasteiger partial charge in [-0.05, 0) is 66.1 Å². The van der Waals surface area contributed by atoms with Crippen LogP contribution in [0.15, 0.2) is 54.6 Å². The van der Waals surface area contributed by atoms with Crippen LogP contribution in [0, 0.1) is 0 Å². The van der Waals surface area contributed by atoms with E-state index in [0.717, 1.165) is 48.6 Å². The van der Waals surface area contributed by atoms with Crippen LogP contribution in [0.3, 0.4) is 0 Å². The van der Waals surface area contributed by atoms with E-state index in [4.69, 9.17) is 21.3 Å². The SMILES string of the molecule is CCOc1ccc(-c2nc3ccc4ccccc4c3c3c2CN(CC)CC3)cc1Cl. The third kappa shape index (κ3) is 3.23. The molecule has 5 rings (SSSR count). The summed E-state index contributed by atoms with van der Waals surface area (Å²) in [6.45, 7) is 7.82. The van der Waals surface area contributed by atoms with E-state index in [1.54, 1.807) is 0 Å². The van der Waals surface area contributed by atoms with E-state index in [1.807, 2.05) is 19.1 Å². The molecule has 0 radical (unpaired) electrons. The van der Waals surface area contributed by atoms with Crippen LogP contribution in [0.4, 0.5) is 0 Å². The standard InChI is InChI=1S/C26H25ClN2O/c1-3-29-14-13-20-21(16-29)26(18-10-12-24(30-4-2)22(27)15-18)28-23-11-9-17-7-5-6-8-19(17)25(20)23/h5-12,15H,3-4,13-14,16H2,1-2H3. The molecule has 3 aromatic carbocycles. The van der Waals surface area contributed by atoms with Gasteiger partial charge in [-0.2, -0.15) is 0 Å². The number of likely N-dealkylation sites (N-methyl/N-ethyl adjacent to an activating group) is 1. The maximum atomic E-state index is 6.53. The lowest BCUT2D eigenvalue weighted by Gasteiger charge is -2.30. The van der Waals surface area contributed by atoms with Crippen molar-refractivity contribution >= 4 is 33.3 Å². The summed E-state index contributed by atoms with van der Waals surface area (Å²) in [6, 6.07) is 19.0. The minimum Gasteiger partial charge on any atom is -0.492 e. The van der Waals surface area contributed by atoms with Gasteiger partial charge in [-0.3, -0.25) is 4.90 Å². The maximum Gasteiger partial charge on any atom is 0.137 e. The Morgan fingerprint density at radius 3 is 2.70 bits per heavy atom. The lowest BCUT2D eigenvalue weighted by molar-refractivity contribution is 0.269. The Labute approximate surface area is 182 Å². The van der Waals surface area contributed by atoms with Crippen molar-refractivity contribution in [1.82, 2.24) is 9.88 Å². The average molecular weight is 417 g/mol. The predicted octanol–water partition coefficient (Wildman–Crippen LogP) is 6.49. The highest BCUT2D eigenvalue weighted by molar-refractivity contribution is 6.32. The van der Waals surface area contributed by atoms with Gasteiger partial charge in [0.2, 0.25) is 0 Å². The zero-order chi connectivity index (χ0) is 20.7. The van der Waals surface area contributed by atoms with Gasteiger partial charge < -0.3 is 4.74 Å². The molecule has 0 saturated heterocycles. The molecule has 0 atom stereocenters. The molecule has 1 aliphatic rings. The van der Waals surface area contributed by atoms with Crippen molar-refractivity contribution in [3.63, 3.8) is 0 Å². The second-order valence-electron chi connectivity index (χ2n) is 7.80. The molecule has 3 nitrogen and oxygen atoms in total. The molecule has 4 aromatic rings. The summed E-state index contributed by atoms with van der Waals surface area (Å²) in [6.07, 6.45) is 1.04. The van der Waals surface area contributed by atoms with Crippen molar-refractivity contribution in [2.45, 2.75) is 26.8 Å². The summed E-state index contributed by atoms with van der Waals surface area (Å²) >= 11 is 6.53. The third-order valence-electron chi connectivity index (χ3n) is 6.10. The quantitative estimate of drug-likeness (QED) is 0.356.